The number of nitrogens with zero attached hydrogens (tertiary/aromatic N) is 4. The second-order valence-electron chi connectivity index (χ2n) is 8.54. The molecule has 0 saturated carbocycles. The van der Waals surface area contributed by atoms with Gasteiger partial charge in [-0.3, -0.25) is 28.1 Å². The number of amides is 1. The average Bonchev–Trinajstić information content (AvgIpc) is 3.47. The number of benzene rings is 1. The second kappa shape index (κ2) is 8.08. The molecule has 178 valence electrons. The van der Waals surface area contributed by atoms with Crippen molar-refractivity contribution in [2.75, 3.05) is 13.2 Å². The lowest BCUT2D eigenvalue weighted by Gasteiger charge is -2.15. The molecular formula is C22H23N5O6S. The van der Waals surface area contributed by atoms with E-state index in [4.69, 9.17) is 4.84 Å². The van der Waals surface area contributed by atoms with E-state index < -0.39 is 23.3 Å². The number of para-hydroxylation sites is 2. The lowest BCUT2D eigenvalue weighted by Crippen LogP contribution is -2.39. The summed E-state index contributed by atoms with van der Waals surface area (Å²) >= 11 is 1.13. The van der Waals surface area contributed by atoms with Gasteiger partial charge in [-0.15, -0.1) is 11.3 Å². The quantitative estimate of drug-likeness (QED) is 0.439. The fourth-order valence-electron chi connectivity index (χ4n) is 4.28. The Kier molecular flexibility index (Phi) is 5.30. The van der Waals surface area contributed by atoms with Crippen molar-refractivity contribution in [3.63, 3.8) is 0 Å². The maximum Gasteiger partial charge on any atom is 0.332 e. The van der Waals surface area contributed by atoms with E-state index in [1.807, 2.05) is 13.8 Å². The predicted octanol–water partition coefficient (Wildman–Crippen LogP) is 0.782. The van der Waals surface area contributed by atoms with E-state index in [9.17, 15) is 24.3 Å². The summed E-state index contributed by atoms with van der Waals surface area (Å²) in [5, 5.41) is 11.0. The standard InChI is InChI=1S/C22H23N5O6S/c1-11(2)27-20-17(18(29)24(3)22(27)32)16(19(30)26-8-12(28)10-33-26)15(34-20)9-25-14-7-5-4-6-13(14)23-21(25)31/h4-7,11-12,28H,8-10H2,1-3H3,(H,23,31)/t12-/m0/s1. The number of aliphatic hydroxyl groups is 1. The van der Waals surface area contributed by atoms with Gasteiger partial charge in [-0.2, -0.15) is 0 Å². The number of hydroxylamine groups is 2. The van der Waals surface area contributed by atoms with Crippen molar-refractivity contribution >= 4 is 38.5 Å². The van der Waals surface area contributed by atoms with Crippen molar-refractivity contribution in [3.05, 3.63) is 66.0 Å². The number of hydrogen-bond donors (Lipinski definition) is 2. The number of aliphatic hydroxyl groups excluding tert-OH is 1. The highest BCUT2D eigenvalue weighted by Crippen LogP contribution is 2.32. The van der Waals surface area contributed by atoms with Crippen LogP contribution < -0.4 is 16.9 Å². The Balaban J connectivity index is 1.81. The van der Waals surface area contributed by atoms with Gasteiger partial charge in [0.2, 0.25) is 0 Å². The van der Waals surface area contributed by atoms with Gasteiger partial charge in [0.1, 0.15) is 17.5 Å². The maximum atomic E-state index is 13.6. The van der Waals surface area contributed by atoms with Gasteiger partial charge in [-0.1, -0.05) is 12.1 Å². The molecule has 34 heavy (non-hydrogen) atoms. The topological polar surface area (TPSA) is 132 Å². The van der Waals surface area contributed by atoms with E-state index in [1.165, 1.54) is 16.2 Å². The third-order valence-electron chi connectivity index (χ3n) is 5.93. The molecule has 1 aliphatic heterocycles. The van der Waals surface area contributed by atoms with Crippen LogP contribution in [0.1, 0.15) is 35.1 Å². The summed E-state index contributed by atoms with van der Waals surface area (Å²) in [4.78, 5) is 61.4. The highest BCUT2D eigenvalue weighted by Gasteiger charge is 2.33. The number of rotatable bonds is 4. The minimum atomic E-state index is -0.842. The molecule has 0 unspecified atom stereocenters. The Morgan fingerprint density at radius 3 is 2.68 bits per heavy atom. The number of hydrogen-bond acceptors (Lipinski definition) is 7. The molecule has 11 nitrogen and oxygen atoms in total. The number of nitrogens with one attached hydrogen (secondary N) is 1. The van der Waals surface area contributed by atoms with Crippen LogP contribution in [0.5, 0.6) is 0 Å². The zero-order valence-electron chi connectivity index (χ0n) is 18.8. The summed E-state index contributed by atoms with van der Waals surface area (Å²) in [5.41, 5.74) is -0.0988. The molecule has 1 aliphatic rings. The first-order chi connectivity index (χ1) is 16.2. The molecule has 1 aromatic carbocycles. The van der Waals surface area contributed by atoms with Crippen LogP contribution in [0, 0.1) is 0 Å². The van der Waals surface area contributed by atoms with Crippen LogP contribution in [-0.4, -0.2) is 54.0 Å². The lowest BCUT2D eigenvalue weighted by atomic mass is 10.1. The first-order valence-electron chi connectivity index (χ1n) is 10.8. The summed E-state index contributed by atoms with van der Waals surface area (Å²) in [7, 11) is 1.37. The van der Waals surface area contributed by atoms with Gasteiger partial charge in [0.15, 0.2) is 0 Å². The number of β-amino-alcohol motifs (C(OH)–C–C–N with tert-alkyl or cyclic N) is 1. The maximum absolute atomic E-state index is 13.6. The predicted molar refractivity (Wildman–Crippen MR) is 126 cm³/mol. The molecule has 0 radical (unpaired) electrons. The smallest absolute Gasteiger partial charge is 0.332 e. The summed E-state index contributed by atoms with van der Waals surface area (Å²) in [5.74, 6) is -0.600. The zero-order chi connectivity index (χ0) is 24.3. The van der Waals surface area contributed by atoms with Crippen molar-refractivity contribution < 1.29 is 14.7 Å². The number of thiophene rings is 1. The van der Waals surface area contributed by atoms with Crippen molar-refractivity contribution in [1.82, 2.24) is 23.7 Å². The molecule has 2 N–H and O–H groups in total. The zero-order valence-corrected chi connectivity index (χ0v) is 19.6. The van der Waals surface area contributed by atoms with E-state index in [1.54, 1.807) is 24.3 Å². The molecule has 3 aromatic heterocycles. The monoisotopic (exact) mass is 485 g/mol. The first kappa shape index (κ1) is 22.3. The van der Waals surface area contributed by atoms with Crippen LogP contribution in [0.15, 0.2) is 38.6 Å². The minimum absolute atomic E-state index is 0.00903. The van der Waals surface area contributed by atoms with Gasteiger partial charge < -0.3 is 10.1 Å². The number of imidazole rings is 1. The number of aromatic amines is 1. The van der Waals surface area contributed by atoms with Gasteiger partial charge in [0, 0.05) is 18.0 Å². The van der Waals surface area contributed by atoms with Crippen molar-refractivity contribution in [1.29, 1.82) is 0 Å². The van der Waals surface area contributed by atoms with Crippen LogP contribution in [-0.2, 0) is 18.4 Å². The molecule has 0 aliphatic carbocycles. The molecule has 0 spiro atoms. The van der Waals surface area contributed by atoms with Gasteiger partial charge in [-0.25, -0.2) is 14.7 Å². The van der Waals surface area contributed by atoms with Gasteiger partial charge in [-0.05, 0) is 26.0 Å². The highest BCUT2D eigenvalue weighted by molar-refractivity contribution is 7.19. The lowest BCUT2D eigenvalue weighted by molar-refractivity contribution is -0.0778. The van der Waals surface area contributed by atoms with Crippen LogP contribution in [0.2, 0.25) is 0 Å². The number of H-pyrrole nitrogens is 1. The molecule has 0 bridgehead atoms. The van der Waals surface area contributed by atoms with Gasteiger partial charge in [0.25, 0.3) is 11.5 Å². The normalized spacial score (nSPS) is 16.4. The Labute approximate surface area is 196 Å². The summed E-state index contributed by atoms with van der Waals surface area (Å²) in [6.45, 7) is 3.55. The van der Waals surface area contributed by atoms with Gasteiger partial charge >= 0.3 is 11.4 Å². The van der Waals surface area contributed by atoms with Crippen LogP contribution in [0.25, 0.3) is 21.3 Å². The molecule has 5 rings (SSSR count). The highest BCUT2D eigenvalue weighted by atomic mass is 32.1. The fraction of sp³-hybridized carbons (Fsp3) is 0.364. The molecule has 4 aromatic rings. The van der Waals surface area contributed by atoms with Crippen LogP contribution in [0.4, 0.5) is 0 Å². The molecular weight excluding hydrogens is 462 g/mol. The van der Waals surface area contributed by atoms with Crippen LogP contribution >= 0.6 is 11.3 Å². The third-order valence-corrected chi connectivity index (χ3v) is 7.11. The Morgan fingerprint density at radius 2 is 2.00 bits per heavy atom. The van der Waals surface area contributed by atoms with Crippen molar-refractivity contribution in [2.45, 2.75) is 32.5 Å². The minimum Gasteiger partial charge on any atom is -0.389 e. The third kappa shape index (κ3) is 3.33. The molecule has 4 heterocycles. The Hall–Kier alpha value is -3.48. The van der Waals surface area contributed by atoms with Crippen molar-refractivity contribution in [2.24, 2.45) is 7.05 Å². The van der Waals surface area contributed by atoms with E-state index >= 15 is 0 Å². The summed E-state index contributed by atoms with van der Waals surface area (Å²) in [6, 6.07) is 6.88. The number of fused-ring (bicyclic) bond motifs is 2. The van der Waals surface area contributed by atoms with E-state index in [-0.39, 0.29) is 42.4 Å². The van der Waals surface area contributed by atoms with Gasteiger partial charge in [0.05, 0.1) is 35.1 Å². The first-order valence-corrected chi connectivity index (χ1v) is 11.6. The van der Waals surface area contributed by atoms with Crippen LogP contribution in [0.3, 0.4) is 0 Å². The number of carbonyl (C=O) groups is 1. The molecule has 12 heteroatoms. The van der Waals surface area contributed by atoms with Crippen molar-refractivity contribution in [3.8, 4) is 0 Å². The Morgan fingerprint density at radius 1 is 1.26 bits per heavy atom. The largest absolute Gasteiger partial charge is 0.389 e. The van der Waals surface area contributed by atoms with E-state index in [0.717, 1.165) is 21.0 Å². The summed E-state index contributed by atoms with van der Waals surface area (Å²) < 4.78 is 3.94. The molecule has 1 amide bonds. The summed E-state index contributed by atoms with van der Waals surface area (Å²) in [6.07, 6.45) is -0.842. The van der Waals surface area contributed by atoms with E-state index in [2.05, 4.69) is 4.98 Å². The second-order valence-corrected chi connectivity index (χ2v) is 9.62. The van der Waals surface area contributed by atoms with E-state index in [0.29, 0.717) is 20.7 Å². The number of aromatic nitrogens is 4. The molecule has 1 fully saturated rings. The SMILES string of the molecule is CC(C)n1c(=O)n(C)c(=O)c2c(C(=O)N3C[C@H](O)CO3)c(Cn3c(=O)[nH]c4ccccc43)sc21. The molecule has 1 saturated heterocycles. The molecule has 1 atom stereocenters. The Bertz CT molecular complexity index is 1620. The number of carbonyl (C=O) groups excluding carboxylic acids is 1. The average molecular weight is 486 g/mol. The fourth-order valence-corrected chi connectivity index (χ4v) is 5.67.